The van der Waals surface area contributed by atoms with Gasteiger partial charge < -0.3 is 15.1 Å². The number of benzene rings is 2. The van der Waals surface area contributed by atoms with Crippen LogP contribution < -0.4 is 10.2 Å². The van der Waals surface area contributed by atoms with Crippen molar-refractivity contribution in [2.45, 2.75) is 6.04 Å². The number of likely N-dealkylation sites (N-methyl/N-ethyl adjacent to an activating group) is 1. The van der Waals surface area contributed by atoms with Gasteiger partial charge in [0.2, 0.25) is 0 Å². The van der Waals surface area contributed by atoms with Crippen molar-refractivity contribution < 1.29 is 9.72 Å². The van der Waals surface area contributed by atoms with Gasteiger partial charge in [-0.05, 0) is 36.9 Å². The van der Waals surface area contributed by atoms with Gasteiger partial charge in [-0.1, -0.05) is 12.1 Å². The van der Waals surface area contributed by atoms with E-state index >= 15 is 0 Å². The quantitative estimate of drug-likeness (QED) is 0.557. The standard InChI is InChI=1S/C22H29N5O3/c1-24(2)19-8-4-17(5-9-19)21(26-14-12-25(3)13-15-26)16-23-22(28)18-6-10-20(11-7-18)27(29)30/h4-11,21H,12-16H2,1-3H3,(H,23,28). The summed E-state index contributed by atoms with van der Waals surface area (Å²) in [7, 11) is 6.14. The Morgan fingerprint density at radius 1 is 1.07 bits per heavy atom. The van der Waals surface area contributed by atoms with Crippen LogP contribution >= 0.6 is 0 Å². The number of nitrogens with one attached hydrogen (secondary N) is 1. The predicted molar refractivity (Wildman–Crippen MR) is 118 cm³/mol. The highest BCUT2D eigenvalue weighted by atomic mass is 16.6. The molecule has 1 saturated heterocycles. The van der Waals surface area contributed by atoms with Crippen LogP contribution in [0.3, 0.4) is 0 Å². The number of anilines is 1. The van der Waals surface area contributed by atoms with E-state index in [2.05, 4.69) is 51.3 Å². The maximum Gasteiger partial charge on any atom is 0.269 e. The van der Waals surface area contributed by atoms with Crippen molar-refractivity contribution in [3.05, 3.63) is 69.8 Å². The normalized spacial score (nSPS) is 16.1. The van der Waals surface area contributed by atoms with Crippen LogP contribution in [0.25, 0.3) is 0 Å². The zero-order valence-electron chi connectivity index (χ0n) is 17.7. The van der Waals surface area contributed by atoms with E-state index in [-0.39, 0.29) is 17.6 Å². The second kappa shape index (κ2) is 9.69. The van der Waals surface area contributed by atoms with Gasteiger partial charge in [-0.2, -0.15) is 0 Å². The Morgan fingerprint density at radius 3 is 2.20 bits per heavy atom. The molecule has 0 radical (unpaired) electrons. The number of rotatable bonds is 7. The number of nitro groups is 1. The zero-order chi connectivity index (χ0) is 21.7. The van der Waals surface area contributed by atoms with E-state index in [9.17, 15) is 14.9 Å². The summed E-state index contributed by atoms with van der Waals surface area (Å²) in [5.74, 6) is -0.228. The minimum absolute atomic E-state index is 0.0251. The highest BCUT2D eigenvalue weighted by molar-refractivity contribution is 5.94. The van der Waals surface area contributed by atoms with Gasteiger partial charge in [0.25, 0.3) is 11.6 Å². The summed E-state index contributed by atoms with van der Waals surface area (Å²) in [5.41, 5.74) is 2.68. The van der Waals surface area contributed by atoms with Crippen molar-refractivity contribution in [1.29, 1.82) is 0 Å². The lowest BCUT2D eigenvalue weighted by Crippen LogP contribution is -2.48. The van der Waals surface area contributed by atoms with Crippen LogP contribution in [0, 0.1) is 10.1 Å². The van der Waals surface area contributed by atoms with Crippen molar-refractivity contribution in [3.63, 3.8) is 0 Å². The molecule has 1 atom stereocenters. The molecule has 30 heavy (non-hydrogen) atoms. The summed E-state index contributed by atoms with van der Waals surface area (Å²) in [6.45, 7) is 4.32. The third-order valence-corrected chi connectivity index (χ3v) is 5.57. The average molecular weight is 412 g/mol. The molecule has 1 heterocycles. The van der Waals surface area contributed by atoms with Crippen LogP contribution in [0.5, 0.6) is 0 Å². The van der Waals surface area contributed by atoms with Crippen molar-refractivity contribution >= 4 is 17.3 Å². The number of piperazine rings is 1. The van der Waals surface area contributed by atoms with Gasteiger partial charge in [0, 0.05) is 70.2 Å². The Bertz CT molecular complexity index is 859. The molecule has 8 nitrogen and oxygen atoms in total. The van der Waals surface area contributed by atoms with Gasteiger partial charge in [0.1, 0.15) is 0 Å². The molecular weight excluding hydrogens is 382 g/mol. The molecule has 2 aromatic rings. The lowest BCUT2D eigenvalue weighted by molar-refractivity contribution is -0.384. The molecule has 160 valence electrons. The number of non-ortho nitro benzene ring substituents is 1. The smallest absolute Gasteiger partial charge is 0.269 e. The van der Waals surface area contributed by atoms with Crippen LogP contribution in [0.1, 0.15) is 22.0 Å². The predicted octanol–water partition coefficient (Wildman–Crippen LogP) is 2.38. The van der Waals surface area contributed by atoms with E-state index in [0.29, 0.717) is 12.1 Å². The van der Waals surface area contributed by atoms with Crippen molar-refractivity contribution in [2.24, 2.45) is 0 Å². The van der Waals surface area contributed by atoms with E-state index in [1.165, 1.54) is 24.3 Å². The third kappa shape index (κ3) is 5.34. The molecule has 8 heteroatoms. The SMILES string of the molecule is CN1CCN(C(CNC(=O)c2ccc([N+](=O)[O-])cc2)c2ccc(N(C)C)cc2)CC1. The molecule has 1 aliphatic rings. The van der Waals surface area contributed by atoms with Crippen molar-refractivity contribution in [2.75, 3.05) is 58.8 Å². The first-order chi connectivity index (χ1) is 14.3. The summed E-state index contributed by atoms with van der Waals surface area (Å²) < 4.78 is 0. The number of nitro benzene ring substituents is 1. The summed E-state index contributed by atoms with van der Waals surface area (Å²) in [4.78, 5) is 29.7. The van der Waals surface area contributed by atoms with Crippen LogP contribution in [0.4, 0.5) is 11.4 Å². The van der Waals surface area contributed by atoms with Crippen LogP contribution in [-0.4, -0.2) is 74.5 Å². The molecule has 2 aromatic carbocycles. The van der Waals surface area contributed by atoms with Gasteiger partial charge in [0.15, 0.2) is 0 Å². The largest absolute Gasteiger partial charge is 0.378 e. The molecule has 0 saturated carbocycles. The van der Waals surface area contributed by atoms with Gasteiger partial charge in [0.05, 0.1) is 11.0 Å². The number of nitrogens with zero attached hydrogens (tertiary/aromatic N) is 4. The number of amides is 1. The highest BCUT2D eigenvalue weighted by Crippen LogP contribution is 2.24. The monoisotopic (exact) mass is 411 g/mol. The molecule has 0 aliphatic carbocycles. The highest BCUT2D eigenvalue weighted by Gasteiger charge is 2.24. The van der Waals surface area contributed by atoms with Gasteiger partial charge >= 0.3 is 0 Å². The van der Waals surface area contributed by atoms with Crippen LogP contribution in [0.2, 0.25) is 0 Å². The maximum absolute atomic E-state index is 12.6. The average Bonchev–Trinajstić information content (AvgIpc) is 2.75. The van der Waals surface area contributed by atoms with E-state index in [4.69, 9.17) is 0 Å². The third-order valence-electron chi connectivity index (χ3n) is 5.57. The van der Waals surface area contributed by atoms with E-state index in [1.54, 1.807) is 0 Å². The Hall–Kier alpha value is -2.97. The van der Waals surface area contributed by atoms with Crippen molar-refractivity contribution in [1.82, 2.24) is 15.1 Å². The number of hydrogen-bond acceptors (Lipinski definition) is 6. The Balaban J connectivity index is 1.73. The van der Waals surface area contributed by atoms with Gasteiger partial charge in [-0.3, -0.25) is 19.8 Å². The van der Waals surface area contributed by atoms with E-state index < -0.39 is 4.92 Å². The fraction of sp³-hybridized carbons (Fsp3) is 0.409. The topological polar surface area (TPSA) is 82.0 Å². The second-order valence-corrected chi connectivity index (χ2v) is 7.86. The summed E-state index contributed by atoms with van der Waals surface area (Å²) in [5, 5.41) is 13.8. The van der Waals surface area contributed by atoms with Crippen LogP contribution in [-0.2, 0) is 0 Å². The molecule has 1 aliphatic heterocycles. The Kier molecular flexibility index (Phi) is 7.02. The summed E-state index contributed by atoms with van der Waals surface area (Å²) in [6, 6.07) is 14.2. The summed E-state index contributed by atoms with van der Waals surface area (Å²) in [6.07, 6.45) is 0. The number of carbonyl (C=O) groups excluding carboxylic acids is 1. The lowest BCUT2D eigenvalue weighted by Gasteiger charge is -2.38. The first-order valence-corrected chi connectivity index (χ1v) is 10.1. The first-order valence-electron chi connectivity index (χ1n) is 10.1. The zero-order valence-corrected chi connectivity index (χ0v) is 17.7. The minimum Gasteiger partial charge on any atom is -0.378 e. The van der Waals surface area contributed by atoms with Gasteiger partial charge in [-0.15, -0.1) is 0 Å². The fourth-order valence-corrected chi connectivity index (χ4v) is 3.61. The maximum atomic E-state index is 12.6. The van der Waals surface area contributed by atoms with Gasteiger partial charge in [-0.25, -0.2) is 0 Å². The second-order valence-electron chi connectivity index (χ2n) is 7.86. The molecule has 0 bridgehead atoms. The lowest BCUT2D eigenvalue weighted by atomic mass is 10.0. The summed E-state index contributed by atoms with van der Waals surface area (Å²) >= 11 is 0. The number of carbonyl (C=O) groups is 1. The Morgan fingerprint density at radius 2 is 1.67 bits per heavy atom. The number of hydrogen-bond donors (Lipinski definition) is 1. The van der Waals surface area contributed by atoms with E-state index in [0.717, 1.165) is 37.4 Å². The molecule has 1 N–H and O–H groups in total. The van der Waals surface area contributed by atoms with E-state index in [1.807, 2.05) is 14.1 Å². The molecule has 0 spiro atoms. The molecule has 3 rings (SSSR count). The van der Waals surface area contributed by atoms with Crippen LogP contribution in [0.15, 0.2) is 48.5 Å². The molecule has 1 fully saturated rings. The molecular formula is C22H29N5O3. The molecule has 0 aromatic heterocycles. The Labute approximate surface area is 177 Å². The minimum atomic E-state index is -0.470. The molecule has 1 amide bonds. The van der Waals surface area contributed by atoms with Crippen molar-refractivity contribution in [3.8, 4) is 0 Å². The fourth-order valence-electron chi connectivity index (χ4n) is 3.61. The first kappa shape index (κ1) is 21.7. The molecule has 1 unspecified atom stereocenters.